The van der Waals surface area contributed by atoms with Gasteiger partial charge in [0.15, 0.2) is 0 Å². The van der Waals surface area contributed by atoms with Crippen LogP contribution in [0, 0.1) is 12.8 Å². The number of amides is 1. The number of likely N-dealkylation sites (tertiary alicyclic amines) is 1. The average Bonchev–Trinajstić information content (AvgIpc) is 2.85. The van der Waals surface area contributed by atoms with E-state index in [2.05, 4.69) is 29.3 Å². The molecule has 2 aliphatic heterocycles. The maximum atomic E-state index is 12.4. The summed E-state index contributed by atoms with van der Waals surface area (Å²) in [4.78, 5) is 14.5. The largest absolute Gasteiger partial charge is 0.341 e. The second-order valence-electron chi connectivity index (χ2n) is 5.86. The predicted octanol–water partition coefficient (Wildman–Crippen LogP) is 1.75. The van der Waals surface area contributed by atoms with E-state index in [9.17, 15) is 4.79 Å². The molecular weight excluding hydrogens is 236 g/mol. The van der Waals surface area contributed by atoms with Crippen molar-refractivity contribution in [1.29, 1.82) is 0 Å². The number of carbonyl (C=O) groups excluding carboxylic acids is 1. The van der Waals surface area contributed by atoms with Crippen molar-refractivity contribution in [3.63, 3.8) is 0 Å². The SMILES string of the molecule is Cc1ccccc1CC(=O)N1CC2CCCNC2C1. The summed E-state index contributed by atoms with van der Waals surface area (Å²) in [5, 5.41) is 3.55. The van der Waals surface area contributed by atoms with Gasteiger partial charge >= 0.3 is 0 Å². The molecule has 0 aliphatic carbocycles. The molecule has 19 heavy (non-hydrogen) atoms. The Bertz CT molecular complexity index is 458. The molecule has 0 bridgehead atoms. The van der Waals surface area contributed by atoms with Crippen molar-refractivity contribution in [1.82, 2.24) is 10.2 Å². The Labute approximate surface area is 115 Å². The number of benzene rings is 1. The number of piperidine rings is 1. The van der Waals surface area contributed by atoms with E-state index in [1.165, 1.54) is 18.4 Å². The molecule has 1 N–H and O–H groups in total. The highest BCUT2D eigenvalue weighted by molar-refractivity contribution is 5.79. The molecule has 0 saturated carbocycles. The number of fused-ring (bicyclic) bond motifs is 1. The molecule has 1 aromatic carbocycles. The zero-order valence-corrected chi connectivity index (χ0v) is 11.6. The molecule has 2 atom stereocenters. The molecule has 102 valence electrons. The van der Waals surface area contributed by atoms with Crippen LogP contribution in [0.4, 0.5) is 0 Å². The van der Waals surface area contributed by atoms with Gasteiger partial charge in [-0.2, -0.15) is 0 Å². The number of hydrogen-bond acceptors (Lipinski definition) is 2. The lowest BCUT2D eigenvalue weighted by Gasteiger charge is -2.24. The molecule has 0 aromatic heterocycles. The van der Waals surface area contributed by atoms with E-state index in [0.717, 1.165) is 25.2 Å². The molecule has 0 spiro atoms. The fourth-order valence-corrected chi connectivity index (χ4v) is 3.33. The normalized spacial score (nSPS) is 26.3. The van der Waals surface area contributed by atoms with Gasteiger partial charge in [-0.1, -0.05) is 24.3 Å². The third-order valence-electron chi connectivity index (χ3n) is 4.55. The smallest absolute Gasteiger partial charge is 0.227 e. The van der Waals surface area contributed by atoms with Crippen LogP contribution in [0.1, 0.15) is 24.0 Å². The molecule has 3 heteroatoms. The monoisotopic (exact) mass is 258 g/mol. The Kier molecular flexibility index (Phi) is 3.56. The highest BCUT2D eigenvalue weighted by Gasteiger charge is 2.36. The fourth-order valence-electron chi connectivity index (χ4n) is 3.33. The molecule has 0 radical (unpaired) electrons. The summed E-state index contributed by atoms with van der Waals surface area (Å²) in [5.41, 5.74) is 2.38. The Hall–Kier alpha value is -1.35. The van der Waals surface area contributed by atoms with Crippen molar-refractivity contribution in [2.24, 2.45) is 5.92 Å². The van der Waals surface area contributed by atoms with Gasteiger partial charge in [0.05, 0.1) is 6.42 Å². The lowest BCUT2D eigenvalue weighted by molar-refractivity contribution is -0.129. The van der Waals surface area contributed by atoms with Crippen LogP contribution in [0.25, 0.3) is 0 Å². The number of carbonyl (C=O) groups is 1. The summed E-state index contributed by atoms with van der Waals surface area (Å²) >= 11 is 0. The van der Waals surface area contributed by atoms with Gasteiger partial charge in [0.2, 0.25) is 5.91 Å². The predicted molar refractivity (Wildman–Crippen MR) is 76.0 cm³/mol. The minimum atomic E-state index is 0.283. The summed E-state index contributed by atoms with van der Waals surface area (Å²) < 4.78 is 0. The summed E-state index contributed by atoms with van der Waals surface area (Å²) in [6.45, 7) is 5.03. The number of hydrogen-bond donors (Lipinski definition) is 1. The van der Waals surface area contributed by atoms with Gasteiger partial charge < -0.3 is 10.2 Å². The maximum Gasteiger partial charge on any atom is 0.227 e. The third kappa shape index (κ3) is 2.66. The zero-order valence-electron chi connectivity index (χ0n) is 11.6. The molecule has 3 rings (SSSR count). The number of nitrogens with zero attached hydrogens (tertiary/aromatic N) is 1. The summed E-state index contributed by atoms with van der Waals surface area (Å²) in [6.07, 6.45) is 3.07. The van der Waals surface area contributed by atoms with Crippen LogP contribution in [-0.4, -0.2) is 36.5 Å². The first-order chi connectivity index (χ1) is 9.24. The van der Waals surface area contributed by atoms with Gasteiger partial charge in [0, 0.05) is 19.1 Å². The van der Waals surface area contributed by atoms with Gasteiger partial charge in [-0.3, -0.25) is 4.79 Å². The molecule has 2 heterocycles. The lowest BCUT2D eigenvalue weighted by Crippen LogP contribution is -2.41. The first-order valence-electron chi connectivity index (χ1n) is 7.29. The summed E-state index contributed by atoms with van der Waals surface area (Å²) in [7, 11) is 0. The standard InChI is InChI=1S/C16H22N2O/c1-12-5-2-3-6-13(12)9-16(19)18-10-14-7-4-8-17-15(14)11-18/h2-3,5-6,14-15,17H,4,7-11H2,1H3. The van der Waals surface area contributed by atoms with Crippen LogP contribution in [-0.2, 0) is 11.2 Å². The first kappa shape index (κ1) is 12.7. The van der Waals surface area contributed by atoms with Crippen LogP contribution in [0.3, 0.4) is 0 Å². The minimum absolute atomic E-state index is 0.283. The van der Waals surface area contributed by atoms with E-state index in [4.69, 9.17) is 0 Å². The molecule has 2 unspecified atom stereocenters. The third-order valence-corrected chi connectivity index (χ3v) is 4.55. The van der Waals surface area contributed by atoms with E-state index in [-0.39, 0.29) is 5.91 Å². The lowest BCUT2D eigenvalue weighted by atomic mass is 9.94. The van der Waals surface area contributed by atoms with Gasteiger partial charge in [-0.05, 0) is 43.4 Å². The highest BCUT2D eigenvalue weighted by atomic mass is 16.2. The van der Waals surface area contributed by atoms with Crippen molar-refractivity contribution in [3.8, 4) is 0 Å². The summed E-state index contributed by atoms with van der Waals surface area (Å²) in [5.74, 6) is 0.958. The second kappa shape index (κ2) is 5.33. The fraction of sp³-hybridized carbons (Fsp3) is 0.562. The van der Waals surface area contributed by atoms with Crippen molar-refractivity contribution in [2.75, 3.05) is 19.6 Å². The Morgan fingerprint density at radius 3 is 3.00 bits per heavy atom. The van der Waals surface area contributed by atoms with Crippen molar-refractivity contribution in [3.05, 3.63) is 35.4 Å². The van der Waals surface area contributed by atoms with E-state index in [1.807, 2.05) is 12.1 Å². The Morgan fingerprint density at radius 1 is 1.37 bits per heavy atom. The molecule has 2 fully saturated rings. The van der Waals surface area contributed by atoms with Crippen LogP contribution in [0.15, 0.2) is 24.3 Å². The Morgan fingerprint density at radius 2 is 2.21 bits per heavy atom. The van der Waals surface area contributed by atoms with E-state index < -0.39 is 0 Å². The molecule has 1 amide bonds. The van der Waals surface area contributed by atoms with Gasteiger partial charge in [-0.15, -0.1) is 0 Å². The van der Waals surface area contributed by atoms with E-state index in [1.54, 1.807) is 0 Å². The quantitative estimate of drug-likeness (QED) is 0.876. The van der Waals surface area contributed by atoms with Crippen molar-refractivity contribution in [2.45, 2.75) is 32.2 Å². The second-order valence-corrected chi connectivity index (χ2v) is 5.86. The maximum absolute atomic E-state index is 12.4. The molecule has 3 nitrogen and oxygen atoms in total. The molecule has 2 aliphatic rings. The van der Waals surface area contributed by atoms with E-state index in [0.29, 0.717) is 18.4 Å². The van der Waals surface area contributed by atoms with Crippen LogP contribution < -0.4 is 5.32 Å². The topological polar surface area (TPSA) is 32.3 Å². The molecule has 1 aromatic rings. The number of aryl methyl sites for hydroxylation is 1. The van der Waals surface area contributed by atoms with Crippen LogP contribution in [0.5, 0.6) is 0 Å². The number of rotatable bonds is 2. The average molecular weight is 258 g/mol. The summed E-state index contributed by atoms with van der Waals surface area (Å²) in [6, 6.07) is 8.72. The van der Waals surface area contributed by atoms with Crippen molar-refractivity contribution < 1.29 is 4.79 Å². The van der Waals surface area contributed by atoms with Gasteiger partial charge in [0.25, 0.3) is 0 Å². The van der Waals surface area contributed by atoms with Crippen LogP contribution >= 0.6 is 0 Å². The number of nitrogens with one attached hydrogen (secondary N) is 1. The van der Waals surface area contributed by atoms with Gasteiger partial charge in [0.1, 0.15) is 0 Å². The molecular formula is C16H22N2O. The minimum Gasteiger partial charge on any atom is -0.341 e. The zero-order chi connectivity index (χ0) is 13.2. The Balaban J connectivity index is 1.64. The molecule has 2 saturated heterocycles. The first-order valence-corrected chi connectivity index (χ1v) is 7.29. The van der Waals surface area contributed by atoms with Crippen LogP contribution in [0.2, 0.25) is 0 Å². The van der Waals surface area contributed by atoms with Gasteiger partial charge in [-0.25, -0.2) is 0 Å². The van der Waals surface area contributed by atoms with E-state index >= 15 is 0 Å². The highest BCUT2D eigenvalue weighted by Crippen LogP contribution is 2.25. The van der Waals surface area contributed by atoms with Crippen molar-refractivity contribution >= 4 is 5.91 Å².